The van der Waals surface area contributed by atoms with E-state index in [0.29, 0.717) is 12.2 Å². The molecule has 8 heavy (non-hydrogen) atoms. The van der Waals surface area contributed by atoms with Crippen molar-refractivity contribution in [2.75, 3.05) is 0 Å². The Hall–Kier alpha value is -0.0400. The highest BCUT2D eigenvalue weighted by Crippen LogP contribution is 1.93. The maximum atomic E-state index is 5.75. The molecule has 1 nitrogen and oxygen atoms in total. The third kappa shape index (κ3) is 9.35. The van der Waals surface area contributed by atoms with E-state index in [0.717, 1.165) is 0 Å². The molecule has 0 fully saturated rings. The van der Waals surface area contributed by atoms with Gasteiger partial charge in [-0.1, -0.05) is 7.40 Å². The second-order valence-electron chi connectivity index (χ2n) is 2.23. The van der Waals surface area contributed by atoms with E-state index in [2.05, 4.69) is 0 Å². The van der Waals surface area contributed by atoms with E-state index in [1.807, 2.05) is 27.7 Å². The van der Waals surface area contributed by atoms with Crippen molar-refractivity contribution in [3.63, 3.8) is 0 Å². The van der Waals surface area contributed by atoms with Gasteiger partial charge in [0.25, 0.3) is 0 Å². The van der Waals surface area contributed by atoms with Crippen LogP contribution in [-0.2, 0) is 4.74 Å². The molecule has 0 aromatic rings. The first-order chi connectivity index (χ1) is 4.13. The van der Waals surface area contributed by atoms with E-state index in [-0.39, 0.29) is 0 Å². The summed E-state index contributed by atoms with van der Waals surface area (Å²) in [6, 6.07) is 0. The molecule has 0 rings (SSSR count). The van der Waals surface area contributed by atoms with Gasteiger partial charge in [-0.25, -0.2) is 0 Å². The average molecular weight is 119 g/mol. The van der Waals surface area contributed by atoms with Gasteiger partial charge >= 0.3 is 0 Å². The van der Waals surface area contributed by atoms with Crippen LogP contribution in [0.3, 0.4) is 0 Å². The first kappa shape index (κ1) is 7.96. The Morgan fingerprint density at radius 3 is 1.38 bits per heavy atom. The van der Waals surface area contributed by atoms with Crippen LogP contribution in [0.5, 0.6) is 0 Å². The summed E-state index contributed by atoms with van der Waals surface area (Å²) in [7, 11) is 1.25. The molecule has 1 heteroatoms. The molecule has 0 N–H and O–H groups in total. The molecule has 52 valence electrons. The highest BCUT2D eigenvalue weighted by molar-refractivity contribution is 4.40. The Balaban J connectivity index is 0. The van der Waals surface area contributed by atoms with Crippen molar-refractivity contribution in [3.8, 4) is 0 Å². The van der Waals surface area contributed by atoms with Crippen molar-refractivity contribution in [2.24, 2.45) is 0 Å². The zero-order chi connectivity index (χ0) is 7.86. The van der Waals surface area contributed by atoms with E-state index in [1.165, 1.54) is 7.40 Å². The molecule has 0 aromatic heterocycles. The zero-order valence-electron chi connectivity index (χ0n) is 7.56. The van der Waals surface area contributed by atoms with Crippen LogP contribution in [0.25, 0.3) is 0 Å². The topological polar surface area (TPSA) is 9.23 Å². The lowest BCUT2D eigenvalue weighted by atomic mass is 10.4. The van der Waals surface area contributed by atoms with E-state index >= 15 is 0 Å². The van der Waals surface area contributed by atoms with Crippen LogP contribution in [0.2, 0.25) is 0 Å². The van der Waals surface area contributed by atoms with Gasteiger partial charge in [0, 0.05) is 1.37 Å². The van der Waals surface area contributed by atoms with E-state index < -0.39 is 0 Å². The fourth-order valence-electron chi connectivity index (χ4n) is 0.544. The first-order valence-electron chi connectivity index (χ1n) is 3.78. The number of hydrogen-bond acceptors (Lipinski definition) is 1. The summed E-state index contributed by atoms with van der Waals surface area (Å²) in [6.45, 7) is 8.17. The van der Waals surface area contributed by atoms with Crippen LogP contribution < -0.4 is 0 Å². The predicted octanol–water partition coefficient (Wildman–Crippen LogP) is 2.46. The summed E-state index contributed by atoms with van der Waals surface area (Å²) >= 11 is 0. The summed E-state index contributed by atoms with van der Waals surface area (Å²) in [6.07, 6.45) is 0.750. The van der Waals surface area contributed by atoms with Crippen molar-refractivity contribution in [2.45, 2.75) is 47.3 Å². The molecule has 0 aliphatic rings. The van der Waals surface area contributed by atoms with Crippen LogP contribution in [-0.4, -0.2) is 12.2 Å². The Kier molecular flexibility index (Phi) is 5.08. The van der Waals surface area contributed by atoms with Crippen molar-refractivity contribution in [1.29, 1.82) is 0 Å². The molecule has 0 aromatic carbocycles. The molecule has 0 bridgehead atoms. The maximum absolute atomic E-state index is 5.75. The van der Waals surface area contributed by atoms with Gasteiger partial charge in [-0.15, -0.1) is 0 Å². The van der Waals surface area contributed by atoms with Gasteiger partial charge in [0.2, 0.25) is 0 Å². The van der Waals surface area contributed by atoms with Crippen LogP contribution in [0.4, 0.5) is 0 Å². The van der Waals surface area contributed by atoms with Crippen molar-refractivity contribution in [1.82, 2.24) is 0 Å². The monoisotopic (exact) mass is 119 g/mol. The molecule has 0 amide bonds. The number of ether oxygens (including phenoxy) is 1. The van der Waals surface area contributed by atoms with E-state index in [9.17, 15) is 0 Å². The molecule has 0 aliphatic heterocycles. The second kappa shape index (κ2) is 5.10. The lowest BCUT2D eigenvalue weighted by molar-refractivity contribution is 0.0300. The van der Waals surface area contributed by atoms with Gasteiger partial charge in [-0.05, 0) is 27.7 Å². The van der Waals surface area contributed by atoms with Crippen LogP contribution >= 0.6 is 0 Å². The zero-order valence-corrected chi connectivity index (χ0v) is 6.56. The van der Waals surface area contributed by atoms with Gasteiger partial charge in [0.1, 0.15) is 0 Å². The SMILES string of the molecule is CC(C)OC(C)C.[2H]C. The van der Waals surface area contributed by atoms with Crippen molar-refractivity contribution in [3.05, 3.63) is 0 Å². The molecule has 0 heterocycles. The Morgan fingerprint density at radius 2 is 1.38 bits per heavy atom. The Morgan fingerprint density at radius 1 is 1.12 bits per heavy atom. The lowest BCUT2D eigenvalue weighted by Crippen LogP contribution is -2.09. The van der Waals surface area contributed by atoms with Gasteiger partial charge in [-0.3, -0.25) is 0 Å². The quantitative estimate of drug-likeness (QED) is 0.542. The molecule has 0 radical (unpaired) electrons. The molecule has 0 unspecified atom stereocenters. The largest absolute Gasteiger partial charge is 0.376 e. The third-order valence-corrected chi connectivity index (χ3v) is 0.544. The van der Waals surface area contributed by atoms with Crippen LogP contribution in [0, 0.1) is 0 Å². The normalized spacial score (nSPS) is 10.6. The van der Waals surface area contributed by atoms with Crippen molar-refractivity contribution >= 4 is 0 Å². The Bertz CT molecular complexity index is 38.2. The summed E-state index contributed by atoms with van der Waals surface area (Å²) in [4.78, 5) is 0. The molecule has 0 saturated heterocycles. The fourth-order valence-corrected chi connectivity index (χ4v) is 0.544. The molecule has 0 saturated carbocycles. The fraction of sp³-hybridized carbons (Fsp3) is 1.00. The third-order valence-electron chi connectivity index (χ3n) is 0.544. The number of hydrogen-bond donors (Lipinski definition) is 0. The lowest BCUT2D eigenvalue weighted by Gasteiger charge is -2.09. The van der Waals surface area contributed by atoms with Crippen LogP contribution in [0.1, 0.15) is 36.5 Å². The van der Waals surface area contributed by atoms with E-state index in [4.69, 9.17) is 6.11 Å². The summed E-state index contributed by atoms with van der Waals surface area (Å²) < 4.78 is 11.0. The highest BCUT2D eigenvalue weighted by atomic mass is 16.5. The maximum Gasteiger partial charge on any atom is 0.0522 e. The molecule has 0 spiro atoms. The second-order valence-corrected chi connectivity index (χ2v) is 2.23. The minimum absolute atomic E-state index is 0.375. The summed E-state index contributed by atoms with van der Waals surface area (Å²) in [5.74, 6) is 0. The smallest absolute Gasteiger partial charge is 0.0522 e. The standard InChI is InChI=1S/C6H14O.CH4/c1-5(2)7-6(3)4;/h5-6H,1-4H3;1H4/i;1D. The minimum Gasteiger partial charge on any atom is -0.376 e. The molecular formula is C7H18O. The summed E-state index contributed by atoms with van der Waals surface area (Å²) in [5.41, 5.74) is 0. The predicted molar refractivity (Wildman–Crippen MR) is 38.1 cm³/mol. The van der Waals surface area contributed by atoms with Gasteiger partial charge in [0.15, 0.2) is 0 Å². The molecule has 0 atom stereocenters. The molecule has 0 aliphatic carbocycles. The Labute approximate surface area is 54.5 Å². The number of rotatable bonds is 2. The summed E-state index contributed by atoms with van der Waals surface area (Å²) in [5, 5.41) is 0. The van der Waals surface area contributed by atoms with Gasteiger partial charge in [0.05, 0.1) is 12.2 Å². The van der Waals surface area contributed by atoms with Crippen LogP contribution in [0.15, 0.2) is 0 Å². The highest BCUT2D eigenvalue weighted by Gasteiger charge is 1.94. The van der Waals surface area contributed by atoms with Gasteiger partial charge in [-0.2, -0.15) is 0 Å². The average Bonchev–Trinajstić information content (AvgIpc) is 1.68. The van der Waals surface area contributed by atoms with Gasteiger partial charge < -0.3 is 4.74 Å². The first-order valence-corrected chi connectivity index (χ1v) is 2.78. The minimum atomic E-state index is 0.375. The van der Waals surface area contributed by atoms with Crippen molar-refractivity contribution < 1.29 is 6.11 Å². The van der Waals surface area contributed by atoms with E-state index in [1.54, 1.807) is 0 Å². The molecular weight excluding hydrogens is 100 g/mol.